The molecule has 2 heterocycles. The Balaban J connectivity index is 1.67. The highest BCUT2D eigenvalue weighted by Gasteiger charge is 2.29. The number of hydrogen-bond acceptors (Lipinski definition) is 4. The molecule has 4 rings (SSSR count). The van der Waals surface area contributed by atoms with Crippen LogP contribution in [0.1, 0.15) is 68.1 Å². The second kappa shape index (κ2) is 10.5. The first-order chi connectivity index (χ1) is 17.4. The number of alkyl carbamates (subject to hydrolysis) is 1. The van der Waals surface area contributed by atoms with Gasteiger partial charge >= 0.3 is 6.09 Å². The van der Waals surface area contributed by atoms with Crippen molar-refractivity contribution in [1.29, 1.82) is 0 Å². The summed E-state index contributed by atoms with van der Waals surface area (Å²) in [6, 6.07) is 5.83. The number of imidazole rings is 1. The van der Waals surface area contributed by atoms with Crippen LogP contribution < -0.4 is 10.6 Å². The molecule has 0 bridgehead atoms. The first-order valence-corrected chi connectivity index (χ1v) is 12.6. The van der Waals surface area contributed by atoms with Crippen molar-refractivity contribution in [2.75, 3.05) is 7.05 Å². The fourth-order valence-electron chi connectivity index (χ4n) is 5.02. The number of halogens is 2. The zero-order valence-electron chi connectivity index (χ0n) is 22.0. The Morgan fingerprint density at radius 2 is 1.86 bits per heavy atom. The number of aryl methyl sites for hydroxylation is 1. The highest BCUT2D eigenvalue weighted by atomic mass is 19.1. The average Bonchev–Trinajstić information content (AvgIpc) is 3.13. The Labute approximate surface area is 215 Å². The summed E-state index contributed by atoms with van der Waals surface area (Å²) in [5.41, 5.74) is 1.58. The third-order valence-corrected chi connectivity index (χ3v) is 6.63. The number of nitrogens with one attached hydrogen (secondary N) is 2. The van der Waals surface area contributed by atoms with E-state index in [9.17, 15) is 9.59 Å². The highest BCUT2D eigenvalue weighted by Crippen LogP contribution is 2.35. The van der Waals surface area contributed by atoms with Crippen molar-refractivity contribution in [2.24, 2.45) is 5.92 Å². The van der Waals surface area contributed by atoms with E-state index in [0.717, 1.165) is 43.4 Å². The minimum absolute atomic E-state index is 0.0428. The molecule has 37 heavy (non-hydrogen) atoms. The third-order valence-electron chi connectivity index (χ3n) is 6.63. The molecule has 2 aromatic heterocycles. The number of aromatic nitrogens is 2. The van der Waals surface area contributed by atoms with Gasteiger partial charge in [-0.25, -0.2) is 18.6 Å². The van der Waals surface area contributed by atoms with E-state index in [0.29, 0.717) is 17.8 Å². The number of ether oxygens (including phenoxy) is 1. The standard InChI is InChI=1S/C28H34F2N4O3/c1-16-9-10-34-22(13-17-7-6-8-19(12-17)32-27(36)37-28(2,3)4)25(33-23(34)11-16)24-20(29)14-18(15-21(24)30)26(35)31-5/h9-11,14-15,17,19H,6-8,12-13H2,1-5H3,(H,31,35)(H,32,36)/t17-,19+/m1/s1. The summed E-state index contributed by atoms with van der Waals surface area (Å²) < 4.78 is 37.8. The van der Waals surface area contributed by atoms with Crippen molar-refractivity contribution in [1.82, 2.24) is 20.0 Å². The number of hydrogen-bond donors (Lipinski definition) is 2. The van der Waals surface area contributed by atoms with Crippen LogP contribution in [0.3, 0.4) is 0 Å². The van der Waals surface area contributed by atoms with Crippen molar-refractivity contribution < 1.29 is 23.1 Å². The number of amides is 2. The molecule has 2 N–H and O–H groups in total. The van der Waals surface area contributed by atoms with Gasteiger partial charge in [0.1, 0.15) is 22.9 Å². The van der Waals surface area contributed by atoms with Crippen molar-refractivity contribution in [2.45, 2.75) is 71.4 Å². The van der Waals surface area contributed by atoms with Crippen LogP contribution in [0.25, 0.3) is 16.9 Å². The molecule has 0 saturated heterocycles. The summed E-state index contributed by atoms with van der Waals surface area (Å²) >= 11 is 0. The van der Waals surface area contributed by atoms with Crippen LogP contribution in [0.4, 0.5) is 13.6 Å². The summed E-state index contributed by atoms with van der Waals surface area (Å²) in [5.74, 6) is -2.08. The summed E-state index contributed by atoms with van der Waals surface area (Å²) in [6.45, 7) is 7.40. The molecule has 9 heteroatoms. The van der Waals surface area contributed by atoms with Gasteiger partial charge in [-0.15, -0.1) is 0 Å². The molecule has 1 aromatic carbocycles. The summed E-state index contributed by atoms with van der Waals surface area (Å²) in [4.78, 5) is 28.9. The molecule has 198 valence electrons. The summed E-state index contributed by atoms with van der Waals surface area (Å²) in [5, 5.41) is 5.36. The monoisotopic (exact) mass is 512 g/mol. The van der Waals surface area contributed by atoms with Gasteiger partial charge in [0.15, 0.2) is 0 Å². The van der Waals surface area contributed by atoms with Crippen molar-refractivity contribution in [3.63, 3.8) is 0 Å². The lowest BCUT2D eigenvalue weighted by Gasteiger charge is -2.30. The molecule has 2 amide bonds. The number of benzene rings is 1. The number of fused-ring (bicyclic) bond motifs is 1. The Kier molecular flexibility index (Phi) is 7.52. The van der Waals surface area contributed by atoms with Gasteiger partial charge in [0.25, 0.3) is 5.91 Å². The Morgan fingerprint density at radius 1 is 1.16 bits per heavy atom. The summed E-state index contributed by atoms with van der Waals surface area (Å²) in [6.07, 6.45) is 5.36. The highest BCUT2D eigenvalue weighted by molar-refractivity contribution is 5.94. The van der Waals surface area contributed by atoms with E-state index in [4.69, 9.17) is 4.74 Å². The first kappa shape index (κ1) is 26.6. The molecule has 0 spiro atoms. The number of nitrogens with zero attached hydrogens (tertiary/aromatic N) is 2. The van der Waals surface area contributed by atoms with Crippen LogP contribution in [0.15, 0.2) is 30.5 Å². The molecule has 2 atom stereocenters. The van der Waals surface area contributed by atoms with Crippen LogP contribution in [-0.4, -0.2) is 40.1 Å². The number of pyridine rings is 1. The van der Waals surface area contributed by atoms with Crippen LogP contribution >= 0.6 is 0 Å². The smallest absolute Gasteiger partial charge is 0.407 e. The van der Waals surface area contributed by atoms with Gasteiger partial charge in [0.2, 0.25) is 0 Å². The minimum Gasteiger partial charge on any atom is -0.444 e. The van der Waals surface area contributed by atoms with Gasteiger partial charge in [-0.2, -0.15) is 0 Å². The first-order valence-electron chi connectivity index (χ1n) is 12.6. The number of rotatable bonds is 5. The maximum absolute atomic E-state index is 15.3. The van der Waals surface area contributed by atoms with E-state index < -0.39 is 29.2 Å². The van der Waals surface area contributed by atoms with Crippen molar-refractivity contribution in [3.05, 3.63) is 58.9 Å². The molecule has 1 aliphatic rings. The van der Waals surface area contributed by atoms with E-state index in [1.807, 2.05) is 50.4 Å². The van der Waals surface area contributed by atoms with Gasteiger partial charge in [-0.1, -0.05) is 6.42 Å². The van der Waals surface area contributed by atoms with Crippen LogP contribution in [0.2, 0.25) is 0 Å². The lowest BCUT2D eigenvalue weighted by atomic mass is 9.82. The van der Waals surface area contributed by atoms with Crippen molar-refractivity contribution in [3.8, 4) is 11.3 Å². The average molecular weight is 513 g/mol. The lowest BCUT2D eigenvalue weighted by molar-refractivity contribution is 0.0484. The minimum atomic E-state index is -0.840. The molecule has 1 aliphatic carbocycles. The maximum atomic E-state index is 15.3. The Morgan fingerprint density at radius 3 is 2.51 bits per heavy atom. The Hall–Kier alpha value is -3.49. The molecule has 1 fully saturated rings. The Bertz CT molecular complexity index is 1310. The van der Waals surface area contributed by atoms with E-state index in [1.54, 1.807) is 0 Å². The van der Waals surface area contributed by atoms with Gasteiger partial charge in [0.05, 0.1) is 17.0 Å². The zero-order valence-corrected chi connectivity index (χ0v) is 22.0. The zero-order chi connectivity index (χ0) is 26.9. The topological polar surface area (TPSA) is 84.7 Å². The van der Waals surface area contributed by atoms with E-state index in [-0.39, 0.29) is 28.8 Å². The molecule has 7 nitrogen and oxygen atoms in total. The van der Waals surface area contributed by atoms with Gasteiger partial charge in [0, 0.05) is 24.8 Å². The molecule has 0 radical (unpaired) electrons. The summed E-state index contributed by atoms with van der Waals surface area (Å²) in [7, 11) is 1.41. The van der Waals surface area contributed by atoms with Gasteiger partial charge < -0.3 is 19.8 Å². The second-order valence-corrected chi connectivity index (χ2v) is 10.8. The molecular formula is C28H34F2N4O3. The van der Waals surface area contributed by atoms with Crippen molar-refractivity contribution >= 4 is 17.6 Å². The maximum Gasteiger partial charge on any atom is 0.407 e. The number of carbonyl (C=O) groups is 2. The van der Waals surface area contributed by atoms with E-state index >= 15 is 8.78 Å². The third kappa shape index (κ3) is 6.09. The van der Waals surface area contributed by atoms with Crippen LogP contribution in [-0.2, 0) is 11.2 Å². The predicted octanol–water partition coefficient (Wildman–Crippen LogP) is 5.57. The van der Waals surface area contributed by atoms with E-state index in [1.165, 1.54) is 7.05 Å². The normalized spacial score (nSPS) is 18.0. The molecule has 3 aromatic rings. The SMILES string of the molecule is CNC(=O)c1cc(F)c(-c2nc3cc(C)ccn3c2C[C@@H]2CCC[C@H](NC(=O)OC(C)(C)C)C2)c(F)c1. The molecule has 1 saturated carbocycles. The van der Waals surface area contributed by atoms with Crippen LogP contribution in [0, 0.1) is 24.5 Å². The number of carbonyl (C=O) groups excluding carboxylic acids is 2. The van der Waals surface area contributed by atoms with Crippen LogP contribution in [0.5, 0.6) is 0 Å². The fourth-order valence-corrected chi connectivity index (χ4v) is 5.02. The molecule has 0 unspecified atom stereocenters. The fraction of sp³-hybridized carbons (Fsp3) is 0.464. The predicted molar refractivity (Wildman–Crippen MR) is 137 cm³/mol. The van der Waals surface area contributed by atoms with E-state index in [2.05, 4.69) is 15.6 Å². The van der Waals surface area contributed by atoms with Gasteiger partial charge in [-0.3, -0.25) is 4.79 Å². The quantitative estimate of drug-likeness (QED) is 0.468. The molecular weight excluding hydrogens is 478 g/mol. The lowest BCUT2D eigenvalue weighted by Crippen LogP contribution is -2.41. The van der Waals surface area contributed by atoms with Gasteiger partial charge in [-0.05, 0) is 89.1 Å². The second-order valence-electron chi connectivity index (χ2n) is 10.8. The largest absolute Gasteiger partial charge is 0.444 e. The molecule has 0 aliphatic heterocycles.